The number of benzene rings is 1. The number of aryl methyl sites for hydroxylation is 2. The summed E-state index contributed by atoms with van der Waals surface area (Å²) in [5.41, 5.74) is 2.63. The Morgan fingerprint density at radius 1 is 1.12 bits per heavy atom. The standard InChI is InChI=1S/C14H14FNO/c1-9-3-4-12(15)11(7-9)14(17)13-8-10(2)5-6-16-13/h3-8,14,17H,1-2H3. The maximum absolute atomic E-state index is 13.6. The molecular weight excluding hydrogens is 217 g/mol. The van der Waals surface area contributed by atoms with Crippen molar-refractivity contribution in [3.63, 3.8) is 0 Å². The third-order valence-electron chi connectivity index (χ3n) is 2.66. The van der Waals surface area contributed by atoms with E-state index in [9.17, 15) is 9.50 Å². The van der Waals surface area contributed by atoms with Gasteiger partial charge in [-0.25, -0.2) is 4.39 Å². The van der Waals surface area contributed by atoms with Crippen molar-refractivity contribution in [1.29, 1.82) is 0 Å². The molecule has 17 heavy (non-hydrogen) atoms. The molecule has 1 heterocycles. The number of aliphatic hydroxyl groups excluding tert-OH is 1. The zero-order chi connectivity index (χ0) is 12.4. The van der Waals surface area contributed by atoms with Gasteiger partial charge in [0.15, 0.2) is 0 Å². The molecule has 1 unspecified atom stereocenters. The van der Waals surface area contributed by atoms with E-state index in [2.05, 4.69) is 4.98 Å². The Bertz CT molecular complexity index is 539. The summed E-state index contributed by atoms with van der Waals surface area (Å²) >= 11 is 0. The van der Waals surface area contributed by atoms with Gasteiger partial charge in [0.2, 0.25) is 0 Å². The number of rotatable bonds is 2. The van der Waals surface area contributed by atoms with Gasteiger partial charge in [-0.3, -0.25) is 4.98 Å². The topological polar surface area (TPSA) is 33.1 Å². The molecule has 0 amide bonds. The van der Waals surface area contributed by atoms with Crippen LogP contribution in [-0.4, -0.2) is 10.1 Å². The minimum absolute atomic E-state index is 0.267. The van der Waals surface area contributed by atoms with Crippen molar-refractivity contribution < 1.29 is 9.50 Å². The van der Waals surface area contributed by atoms with Gasteiger partial charge >= 0.3 is 0 Å². The average Bonchev–Trinajstić information content (AvgIpc) is 2.31. The van der Waals surface area contributed by atoms with Crippen molar-refractivity contribution in [3.05, 3.63) is 64.7 Å². The first-order valence-corrected chi connectivity index (χ1v) is 5.44. The average molecular weight is 231 g/mol. The van der Waals surface area contributed by atoms with Gasteiger partial charge in [-0.15, -0.1) is 0 Å². The molecule has 1 N–H and O–H groups in total. The molecular formula is C14H14FNO. The molecule has 1 aromatic heterocycles. The highest BCUT2D eigenvalue weighted by Gasteiger charge is 2.16. The van der Waals surface area contributed by atoms with Crippen LogP contribution in [0.4, 0.5) is 4.39 Å². The first kappa shape index (κ1) is 11.7. The Hall–Kier alpha value is -1.74. The van der Waals surface area contributed by atoms with Crippen LogP contribution in [0.1, 0.15) is 28.5 Å². The van der Waals surface area contributed by atoms with E-state index < -0.39 is 11.9 Å². The number of nitrogens with zero attached hydrogens (tertiary/aromatic N) is 1. The fourth-order valence-electron chi connectivity index (χ4n) is 1.74. The van der Waals surface area contributed by atoms with Crippen LogP contribution >= 0.6 is 0 Å². The van der Waals surface area contributed by atoms with Gasteiger partial charge in [0.1, 0.15) is 11.9 Å². The van der Waals surface area contributed by atoms with Gasteiger partial charge in [0.25, 0.3) is 0 Å². The molecule has 0 aliphatic carbocycles. The minimum atomic E-state index is -1.02. The lowest BCUT2D eigenvalue weighted by Crippen LogP contribution is -2.05. The molecule has 0 fully saturated rings. The lowest BCUT2D eigenvalue weighted by Gasteiger charge is -2.12. The van der Waals surface area contributed by atoms with Gasteiger partial charge in [-0.05, 0) is 37.6 Å². The van der Waals surface area contributed by atoms with Crippen molar-refractivity contribution in [2.75, 3.05) is 0 Å². The molecule has 0 radical (unpaired) electrons. The smallest absolute Gasteiger partial charge is 0.129 e. The largest absolute Gasteiger partial charge is 0.382 e. The number of aromatic nitrogens is 1. The molecule has 0 aliphatic rings. The molecule has 1 atom stereocenters. The highest BCUT2D eigenvalue weighted by Crippen LogP contribution is 2.24. The van der Waals surface area contributed by atoms with Crippen LogP contribution in [0.2, 0.25) is 0 Å². The van der Waals surface area contributed by atoms with Crippen molar-refractivity contribution in [2.45, 2.75) is 20.0 Å². The fraction of sp³-hybridized carbons (Fsp3) is 0.214. The zero-order valence-corrected chi connectivity index (χ0v) is 9.81. The summed E-state index contributed by atoms with van der Waals surface area (Å²) < 4.78 is 13.6. The van der Waals surface area contributed by atoms with E-state index in [-0.39, 0.29) is 5.56 Å². The number of hydrogen-bond donors (Lipinski definition) is 1. The lowest BCUT2D eigenvalue weighted by molar-refractivity contribution is 0.210. The molecule has 0 aliphatic heterocycles. The Labute approximate surface area is 99.8 Å². The van der Waals surface area contributed by atoms with Crippen LogP contribution in [0.25, 0.3) is 0 Å². The second kappa shape index (κ2) is 4.63. The second-order valence-corrected chi connectivity index (χ2v) is 4.19. The SMILES string of the molecule is Cc1ccnc(C(O)c2cc(C)ccc2F)c1. The molecule has 0 saturated carbocycles. The summed E-state index contributed by atoms with van der Waals surface area (Å²) in [6, 6.07) is 8.28. The van der Waals surface area contributed by atoms with Crippen molar-refractivity contribution >= 4 is 0 Å². The predicted octanol–water partition coefficient (Wildman–Crippen LogP) is 2.92. The maximum atomic E-state index is 13.6. The minimum Gasteiger partial charge on any atom is -0.382 e. The predicted molar refractivity (Wildman–Crippen MR) is 64.2 cm³/mol. The van der Waals surface area contributed by atoms with E-state index in [1.807, 2.05) is 19.9 Å². The van der Waals surface area contributed by atoms with Crippen LogP contribution < -0.4 is 0 Å². The van der Waals surface area contributed by atoms with Crippen LogP contribution in [0, 0.1) is 19.7 Å². The van der Waals surface area contributed by atoms with E-state index >= 15 is 0 Å². The second-order valence-electron chi connectivity index (χ2n) is 4.19. The summed E-state index contributed by atoms with van der Waals surface area (Å²) in [7, 11) is 0. The quantitative estimate of drug-likeness (QED) is 0.862. The molecule has 0 bridgehead atoms. The first-order valence-electron chi connectivity index (χ1n) is 5.44. The van der Waals surface area contributed by atoms with Crippen molar-refractivity contribution in [3.8, 4) is 0 Å². The van der Waals surface area contributed by atoms with Crippen LogP contribution in [0.5, 0.6) is 0 Å². The van der Waals surface area contributed by atoms with E-state index in [0.717, 1.165) is 11.1 Å². The van der Waals surface area contributed by atoms with Gasteiger partial charge in [0, 0.05) is 11.8 Å². The Morgan fingerprint density at radius 3 is 2.53 bits per heavy atom. The highest BCUT2D eigenvalue weighted by atomic mass is 19.1. The summed E-state index contributed by atoms with van der Waals surface area (Å²) in [5.74, 6) is -0.411. The zero-order valence-electron chi connectivity index (χ0n) is 9.81. The fourth-order valence-corrected chi connectivity index (χ4v) is 1.74. The van der Waals surface area contributed by atoms with Crippen LogP contribution in [-0.2, 0) is 0 Å². The molecule has 0 saturated heterocycles. The Morgan fingerprint density at radius 2 is 1.82 bits per heavy atom. The summed E-state index contributed by atoms with van der Waals surface area (Å²) in [4.78, 5) is 4.07. The van der Waals surface area contributed by atoms with E-state index in [0.29, 0.717) is 5.69 Å². The van der Waals surface area contributed by atoms with Gasteiger partial charge < -0.3 is 5.11 Å². The third-order valence-corrected chi connectivity index (χ3v) is 2.66. The van der Waals surface area contributed by atoms with Gasteiger partial charge in [0.05, 0.1) is 5.69 Å². The molecule has 2 rings (SSSR count). The van der Waals surface area contributed by atoms with E-state index in [1.54, 1.807) is 24.4 Å². The number of pyridine rings is 1. The Balaban J connectivity index is 2.43. The van der Waals surface area contributed by atoms with Crippen molar-refractivity contribution in [1.82, 2.24) is 4.98 Å². The normalized spacial score (nSPS) is 12.5. The summed E-state index contributed by atoms with van der Waals surface area (Å²) in [6.07, 6.45) is 0.594. The van der Waals surface area contributed by atoms with Crippen molar-refractivity contribution in [2.24, 2.45) is 0 Å². The Kier molecular flexibility index (Phi) is 3.20. The van der Waals surface area contributed by atoms with E-state index in [4.69, 9.17) is 0 Å². The van der Waals surface area contributed by atoms with Crippen LogP contribution in [0.15, 0.2) is 36.5 Å². The number of hydrogen-bond acceptors (Lipinski definition) is 2. The molecule has 2 nitrogen and oxygen atoms in total. The molecule has 3 heteroatoms. The first-order chi connectivity index (χ1) is 8.08. The maximum Gasteiger partial charge on any atom is 0.129 e. The number of aliphatic hydroxyl groups is 1. The van der Waals surface area contributed by atoms with E-state index in [1.165, 1.54) is 6.07 Å². The van der Waals surface area contributed by atoms with Gasteiger partial charge in [-0.1, -0.05) is 17.7 Å². The highest BCUT2D eigenvalue weighted by molar-refractivity contribution is 5.31. The monoisotopic (exact) mass is 231 g/mol. The molecule has 1 aromatic carbocycles. The molecule has 88 valence electrons. The molecule has 2 aromatic rings. The third kappa shape index (κ3) is 2.50. The van der Waals surface area contributed by atoms with Crippen LogP contribution in [0.3, 0.4) is 0 Å². The lowest BCUT2D eigenvalue weighted by atomic mass is 10.0. The summed E-state index contributed by atoms with van der Waals surface area (Å²) in [5, 5.41) is 10.1. The van der Waals surface area contributed by atoms with Gasteiger partial charge in [-0.2, -0.15) is 0 Å². The molecule has 0 spiro atoms. The number of halogens is 1. The summed E-state index contributed by atoms with van der Waals surface area (Å²) in [6.45, 7) is 3.77.